The van der Waals surface area contributed by atoms with Crippen molar-refractivity contribution >= 4 is 23.9 Å². The smallest absolute Gasteiger partial charge is 0.335 e. The van der Waals surface area contributed by atoms with Gasteiger partial charge in [0.1, 0.15) is 0 Å². The first-order chi connectivity index (χ1) is 10.3. The molecule has 0 saturated carbocycles. The first-order valence-electron chi connectivity index (χ1n) is 7.18. The number of nitrogens with one attached hydrogen (secondary N) is 1. The minimum Gasteiger partial charge on any atom is -0.478 e. The number of hydrazine groups is 1. The molecule has 0 amide bonds. The molecule has 1 aromatic rings. The quantitative estimate of drug-likeness (QED) is 0.898. The third kappa shape index (κ3) is 5.87. The number of rotatable bonds is 3. The average molecular weight is 307 g/mol. The van der Waals surface area contributed by atoms with Crippen molar-refractivity contribution in [1.82, 2.24) is 10.4 Å². The lowest BCUT2D eigenvalue weighted by molar-refractivity contribution is 0.0697. The van der Waals surface area contributed by atoms with E-state index >= 15 is 0 Å². The van der Waals surface area contributed by atoms with Crippen LogP contribution in [0.1, 0.15) is 29.6 Å². The molecular weight excluding hydrogens is 286 g/mol. The van der Waals surface area contributed by atoms with Crippen LogP contribution >= 0.6 is 11.8 Å². The maximum Gasteiger partial charge on any atom is 0.335 e. The van der Waals surface area contributed by atoms with E-state index in [4.69, 9.17) is 5.11 Å². The standard InChI is InChI=1S/C8H15N3S.C7H6O2/c1-2-5-11(6-3-1)10-8-9-4-7-12-8;8-7(9)6-4-2-1-3-5-6/h4,8,10H,1-3,5-7H2;1-5H,(H,8,9). The number of aromatic carboxylic acids is 1. The molecular formula is C15H21N3O2S. The highest BCUT2D eigenvalue weighted by atomic mass is 32.2. The molecule has 5 nitrogen and oxygen atoms in total. The number of hydrogen-bond donors (Lipinski definition) is 2. The van der Waals surface area contributed by atoms with Gasteiger partial charge in [0.25, 0.3) is 0 Å². The predicted molar refractivity (Wildman–Crippen MR) is 86.7 cm³/mol. The summed E-state index contributed by atoms with van der Waals surface area (Å²) in [6.07, 6.45) is 6.04. The highest BCUT2D eigenvalue weighted by molar-refractivity contribution is 8.00. The maximum absolute atomic E-state index is 10.2. The van der Waals surface area contributed by atoms with E-state index in [1.165, 1.54) is 32.4 Å². The minimum atomic E-state index is -0.879. The van der Waals surface area contributed by atoms with Crippen molar-refractivity contribution in [1.29, 1.82) is 0 Å². The number of piperidine rings is 1. The van der Waals surface area contributed by atoms with E-state index in [1.54, 1.807) is 30.3 Å². The number of carbonyl (C=O) groups is 1. The van der Waals surface area contributed by atoms with Crippen LogP contribution in [0.3, 0.4) is 0 Å². The number of aliphatic imine (C=N–C) groups is 1. The average Bonchev–Trinajstić information content (AvgIpc) is 3.03. The third-order valence-corrected chi connectivity index (χ3v) is 4.12. The van der Waals surface area contributed by atoms with Crippen molar-refractivity contribution in [2.45, 2.75) is 24.8 Å². The molecule has 0 radical (unpaired) electrons. The van der Waals surface area contributed by atoms with Crippen molar-refractivity contribution < 1.29 is 9.90 Å². The maximum atomic E-state index is 10.2. The Morgan fingerprint density at radius 1 is 1.24 bits per heavy atom. The first kappa shape index (κ1) is 16.0. The lowest BCUT2D eigenvalue weighted by Gasteiger charge is -2.28. The largest absolute Gasteiger partial charge is 0.478 e. The van der Waals surface area contributed by atoms with Gasteiger partial charge in [-0.1, -0.05) is 24.6 Å². The summed E-state index contributed by atoms with van der Waals surface area (Å²) in [6.45, 7) is 2.37. The molecule has 1 saturated heterocycles. The first-order valence-corrected chi connectivity index (χ1v) is 8.23. The summed E-state index contributed by atoms with van der Waals surface area (Å²) >= 11 is 1.86. The Labute approximate surface area is 129 Å². The van der Waals surface area contributed by atoms with Crippen molar-refractivity contribution in [2.75, 3.05) is 18.8 Å². The lowest BCUT2D eigenvalue weighted by atomic mass is 10.2. The molecule has 2 aliphatic rings. The number of carboxylic acid groups (broad SMARTS) is 1. The van der Waals surface area contributed by atoms with E-state index < -0.39 is 5.97 Å². The second-order valence-electron chi connectivity index (χ2n) is 4.87. The number of thioether (sulfide) groups is 1. The summed E-state index contributed by atoms with van der Waals surface area (Å²) in [7, 11) is 0. The van der Waals surface area contributed by atoms with Crippen LogP contribution in [0.25, 0.3) is 0 Å². The van der Waals surface area contributed by atoms with E-state index in [1.807, 2.05) is 18.0 Å². The topological polar surface area (TPSA) is 64.9 Å². The van der Waals surface area contributed by atoms with Gasteiger partial charge in [0.2, 0.25) is 0 Å². The van der Waals surface area contributed by atoms with Gasteiger partial charge in [-0.25, -0.2) is 15.2 Å². The molecule has 2 heterocycles. The Bertz CT molecular complexity index is 461. The number of carboxylic acids is 1. The van der Waals surface area contributed by atoms with Gasteiger partial charge in [0.05, 0.1) is 5.56 Å². The Hall–Kier alpha value is -1.37. The van der Waals surface area contributed by atoms with Crippen LogP contribution in [0, 0.1) is 0 Å². The van der Waals surface area contributed by atoms with Crippen LogP contribution < -0.4 is 5.43 Å². The molecule has 0 spiro atoms. The summed E-state index contributed by atoms with van der Waals surface area (Å²) in [5, 5.41) is 10.7. The van der Waals surface area contributed by atoms with Gasteiger partial charge >= 0.3 is 5.97 Å². The van der Waals surface area contributed by atoms with Crippen molar-refractivity contribution in [3.05, 3.63) is 35.9 Å². The Morgan fingerprint density at radius 3 is 2.48 bits per heavy atom. The normalized spacial score (nSPS) is 21.6. The van der Waals surface area contributed by atoms with Gasteiger partial charge in [0.15, 0.2) is 5.50 Å². The fraction of sp³-hybridized carbons (Fsp3) is 0.467. The van der Waals surface area contributed by atoms with Crippen molar-refractivity contribution in [3.63, 3.8) is 0 Å². The molecule has 3 rings (SSSR count). The summed E-state index contributed by atoms with van der Waals surface area (Å²) in [6, 6.07) is 8.30. The van der Waals surface area contributed by atoms with Gasteiger partial charge in [-0.3, -0.25) is 4.99 Å². The molecule has 2 N–H and O–H groups in total. The fourth-order valence-corrected chi connectivity index (χ4v) is 2.90. The summed E-state index contributed by atoms with van der Waals surface area (Å²) < 4.78 is 0. The molecule has 21 heavy (non-hydrogen) atoms. The zero-order valence-electron chi connectivity index (χ0n) is 11.9. The van der Waals surface area contributed by atoms with Gasteiger partial charge < -0.3 is 5.11 Å². The van der Waals surface area contributed by atoms with Crippen LogP contribution in [0.5, 0.6) is 0 Å². The number of benzene rings is 1. The molecule has 0 aromatic heterocycles. The number of hydrogen-bond acceptors (Lipinski definition) is 5. The van der Waals surface area contributed by atoms with E-state index in [-0.39, 0.29) is 0 Å². The molecule has 1 atom stereocenters. The fourth-order valence-electron chi connectivity index (χ4n) is 2.15. The molecule has 114 valence electrons. The molecule has 0 aliphatic carbocycles. The van der Waals surface area contributed by atoms with E-state index in [0.717, 1.165) is 5.75 Å². The highest BCUT2D eigenvalue weighted by Crippen LogP contribution is 2.15. The Kier molecular flexibility index (Phi) is 6.72. The van der Waals surface area contributed by atoms with E-state index in [2.05, 4.69) is 15.4 Å². The van der Waals surface area contributed by atoms with Crippen molar-refractivity contribution in [2.24, 2.45) is 4.99 Å². The van der Waals surface area contributed by atoms with E-state index in [9.17, 15) is 4.79 Å². The van der Waals surface area contributed by atoms with Gasteiger partial charge in [-0.05, 0) is 25.0 Å². The summed E-state index contributed by atoms with van der Waals surface area (Å²) in [4.78, 5) is 14.5. The highest BCUT2D eigenvalue weighted by Gasteiger charge is 2.16. The van der Waals surface area contributed by atoms with E-state index in [0.29, 0.717) is 11.1 Å². The Morgan fingerprint density at radius 2 is 1.95 bits per heavy atom. The second kappa shape index (κ2) is 8.81. The summed E-state index contributed by atoms with van der Waals surface area (Å²) in [5.41, 5.74) is 4.04. The van der Waals surface area contributed by atoms with Gasteiger partial charge in [0, 0.05) is 25.1 Å². The number of nitrogens with zero attached hydrogens (tertiary/aromatic N) is 2. The molecule has 1 aromatic carbocycles. The van der Waals surface area contributed by atoms with Crippen LogP contribution in [0.4, 0.5) is 0 Å². The Balaban J connectivity index is 0.000000161. The van der Waals surface area contributed by atoms with Gasteiger partial charge in [-0.2, -0.15) is 0 Å². The lowest BCUT2D eigenvalue weighted by Crippen LogP contribution is -2.44. The SMILES string of the molecule is C1=NC(NN2CCCCC2)SC1.O=C(O)c1ccccc1. The molecule has 1 fully saturated rings. The van der Waals surface area contributed by atoms with Gasteiger partial charge in [-0.15, -0.1) is 11.8 Å². The molecule has 1 unspecified atom stereocenters. The third-order valence-electron chi connectivity index (χ3n) is 3.24. The van der Waals surface area contributed by atoms with Crippen LogP contribution in [-0.4, -0.2) is 46.6 Å². The van der Waals surface area contributed by atoms with Crippen LogP contribution in [-0.2, 0) is 0 Å². The molecule has 2 aliphatic heterocycles. The molecule has 0 bridgehead atoms. The zero-order chi connectivity index (χ0) is 14.9. The monoisotopic (exact) mass is 307 g/mol. The van der Waals surface area contributed by atoms with Crippen molar-refractivity contribution in [3.8, 4) is 0 Å². The predicted octanol–water partition coefficient (Wildman–Crippen LogP) is 2.46. The minimum absolute atomic E-state index is 0.295. The zero-order valence-corrected chi connectivity index (χ0v) is 12.8. The molecule has 6 heteroatoms. The van der Waals surface area contributed by atoms with Crippen LogP contribution in [0.2, 0.25) is 0 Å². The second-order valence-corrected chi connectivity index (χ2v) is 5.98. The summed E-state index contributed by atoms with van der Waals surface area (Å²) in [5.74, 6) is 0.182. The van der Waals surface area contributed by atoms with Crippen LogP contribution in [0.15, 0.2) is 35.3 Å².